The van der Waals surface area contributed by atoms with Gasteiger partial charge in [0.25, 0.3) is 5.91 Å². The summed E-state index contributed by atoms with van der Waals surface area (Å²) in [5.41, 5.74) is 8.11. The van der Waals surface area contributed by atoms with Crippen LogP contribution < -0.4 is 5.73 Å². The van der Waals surface area contributed by atoms with Crippen LogP contribution in [0.3, 0.4) is 0 Å². The van der Waals surface area contributed by atoms with Gasteiger partial charge in [0, 0.05) is 56.9 Å². The second-order valence-electron chi connectivity index (χ2n) is 7.83. The molecule has 164 valence electrons. The van der Waals surface area contributed by atoms with Crippen LogP contribution in [0.25, 0.3) is 0 Å². The van der Waals surface area contributed by atoms with E-state index in [4.69, 9.17) is 5.73 Å². The molecule has 8 heteroatoms. The van der Waals surface area contributed by atoms with Crippen molar-refractivity contribution < 1.29 is 9.59 Å². The summed E-state index contributed by atoms with van der Waals surface area (Å²) < 4.78 is 0. The number of piperidine rings is 1. The Labute approximate surface area is 186 Å². The SMILES string of the molecule is CCN1CCN(C(=O)CC2CCN(C(=O)c3cc(N)ccc3C)CC2)CC1.Cl.Cl. The number of nitrogen functional groups attached to an aromatic ring is 1. The predicted molar refractivity (Wildman–Crippen MR) is 122 cm³/mol. The van der Waals surface area contributed by atoms with Gasteiger partial charge in [-0.3, -0.25) is 9.59 Å². The van der Waals surface area contributed by atoms with Gasteiger partial charge in [0.15, 0.2) is 0 Å². The number of hydrogen-bond donors (Lipinski definition) is 1. The number of carbonyl (C=O) groups excluding carboxylic acids is 2. The third-order valence-electron chi connectivity index (χ3n) is 6.03. The highest BCUT2D eigenvalue weighted by Gasteiger charge is 2.28. The Morgan fingerprint density at radius 2 is 1.62 bits per heavy atom. The van der Waals surface area contributed by atoms with Crippen LogP contribution in [0.4, 0.5) is 5.69 Å². The minimum Gasteiger partial charge on any atom is -0.399 e. The minimum atomic E-state index is 0. The average Bonchev–Trinajstić information content (AvgIpc) is 2.70. The standard InChI is InChI=1S/C21H32N4O2.2ClH/c1-3-23-10-12-24(13-11-23)20(26)14-17-6-8-25(9-7-17)21(27)19-15-18(22)5-4-16(19)2;;/h4-5,15,17H,3,6-14,22H2,1-2H3;2*1H. The van der Waals surface area contributed by atoms with Gasteiger partial charge in [0.1, 0.15) is 0 Å². The van der Waals surface area contributed by atoms with Crippen molar-refractivity contribution in [3.8, 4) is 0 Å². The van der Waals surface area contributed by atoms with Gasteiger partial charge in [-0.2, -0.15) is 0 Å². The monoisotopic (exact) mass is 444 g/mol. The first-order chi connectivity index (χ1) is 13.0. The lowest BCUT2D eigenvalue weighted by molar-refractivity contribution is -0.134. The molecule has 0 aromatic heterocycles. The van der Waals surface area contributed by atoms with Gasteiger partial charge in [-0.25, -0.2) is 0 Å². The number of benzene rings is 1. The topological polar surface area (TPSA) is 69.9 Å². The predicted octanol–water partition coefficient (Wildman–Crippen LogP) is 2.83. The molecule has 0 spiro atoms. The number of amides is 2. The first-order valence-electron chi connectivity index (χ1n) is 10.1. The van der Waals surface area contributed by atoms with Crippen LogP contribution in [0.15, 0.2) is 18.2 Å². The van der Waals surface area contributed by atoms with Crippen LogP contribution in [0.1, 0.15) is 42.1 Å². The Balaban J connectivity index is 0.00000210. The zero-order chi connectivity index (χ0) is 19.4. The number of carbonyl (C=O) groups is 2. The molecule has 3 rings (SSSR count). The number of rotatable bonds is 4. The molecule has 0 saturated carbocycles. The summed E-state index contributed by atoms with van der Waals surface area (Å²) in [7, 11) is 0. The van der Waals surface area contributed by atoms with Crippen molar-refractivity contribution in [3.05, 3.63) is 29.3 Å². The van der Waals surface area contributed by atoms with E-state index in [-0.39, 0.29) is 36.6 Å². The number of hydrogen-bond acceptors (Lipinski definition) is 4. The number of halogens is 2. The summed E-state index contributed by atoms with van der Waals surface area (Å²) in [6, 6.07) is 5.49. The number of nitrogens with zero attached hydrogens (tertiary/aromatic N) is 3. The summed E-state index contributed by atoms with van der Waals surface area (Å²) in [6.07, 6.45) is 2.41. The van der Waals surface area contributed by atoms with E-state index >= 15 is 0 Å². The maximum atomic E-state index is 12.8. The molecule has 2 heterocycles. The van der Waals surface area contributed by atoms with Crippen molar-refractivity contribution in [1.82, 2.24) is 14.7 Å². The van der Waals surface area contributed by atoms with E-state index in [9.17, 15) is 9.59 Å². The number of likely N-dealkylation sites (N-methyl/N-ethyl adjacent to an activating group) is 1. The van der Waals surface area contributed by atoms with Crippen molar-refractivity contribution in [2.75, 3.05) is 51.5 Å². The van der Waals surface area contributed by atoms with E-state index in [1.807, 2.05) is 28.9 Å². The molecule has 2 amide bonds. The zero-order valence-corrected chi connectivity index (χ0v) is 19.1. The highest BCUT2D eigenvalue weighted by atomic mass is 35.5. The second-order valence-corrected chi connectivity index (χ2v) is 7.83. The van der Waals surface area contributed by atoms with Gasteiger partial charge >= 0.3 is 0 Å². The van der Waals surface area contributed by atoms with Gasteiger partial charge in [-0.1, -0.05) is 13.0 Å². The normalized spacial score (nSPS) is 18.0. The molecule has 29 heavy (non-hydrogen) atoms. The third kappa shape index (κ3) is 6.49. The average molecular weight is 445 g/mol. The molecule has 0 atom stereocenters. The second kappa shape index (κ2) is 11.6. The Morgan fingerprint density at radius 1 is 1.00 bits per heavy atom. The van der Waals surface area contributed by atoms with Crippen LogP contribution in [-0.4, -0.2) is 72.3 Å². The molecule has 0 radical (unpaired) electrons. The molecule has 6 nitrogen and oxygen atoms in total. The van der Waals surface area contributed by atoms with E-state index in [1.54, 1.807) is 6.07 Å². The van der Waals surface area contributed by atoms with E-state index in [1.165, 1.54) is 0 Å². The lowest BCUT2D eigenvalue weighted by Gasteiger charge is -2.36. The third-order valence-corrected chi connectivity index (χ3v) is 6.03. The highest BCUT2D eigenvalue weighted by Crippen LogP contribution is 2.24. The van der Waals surface area contributed by atoms with Crippen LogP contribution in [0.5, 0.6) is 0 Å². The fourth-order valence-electron chi connectivity index (χ4n) is 4.07. The maximum absolute atomic E-state index is 12.8. The van der Waals surface area contributed by atoms with Crippen molar-refractivity contribution in [2.45, 2.75) is 33.1 Å². The summed E-state index contributed by atoms with van der Waals surface area (Å²) in [5.74, 6) is 0.718. The minimum absolute atomic E-state index is 0. The Morgan fingerprint density at radius 3 is 2.21 bits per heavy atom. The van der Waals surface area contributed by atoms with Crippen LogP contribution in [0, 0.1) is 12.8 Å². The van der Waals surface area contributed by atoms with Crippen molar-refractivity contribution in [3.63, 3.8) is 0 Å². The molecular weight excluding hydrogens is 411 g/mol. The zero-order valence-electron chi connectivity index (χ0n) is 17.4. The van der Waals surface area contributed by atoms with Gasteiger partial charge in [0.05, 0.1) is 0 Å². The molecular formula is C21H34Cl2N4O2. The van der Waals surface area contributed by atoms with Crippen LogP contribution >= 0.6 is 24.8 Å². The molecule has 2 N–H and O–H groups in total. The Bertz CT molecular complexity index is 685. The van der Waals surface area contributed by atoms with Crippen LogP contribution in [-0.2, 0) is 4.79 Å². The number of nitrogens with two attached hydrogens (primary N) is 1. The van der Waals surface area contributed by atoms with Crippen molar-refractivity contribution >= 4 is 42.3 Å². The molecule has 2 fully saturated rings. The molecule has 2 saturated heterocycles. The van der Waals surface area contributed by atoms with Gasteiger partial charge in [-0.15, -0.1) is 24.8 Å². The Hall–Kier alpha value is -1.50. The molecule has 2 aliphatic rings. The first-order valence-corrected chi connectivity index (χ1v) is 10.1. The van der Waals surface area contributed by atoms with E-state index in [0.717, 1.165) is 51.1 Å². The van der Waals surface area contributed by atoms with Gasteiger partial charge < -0.3 is 20.4 Å². The quantitative estimate of drug-likeness (QED) is 0.724. The summed E-state index contributed by atoms with van der Waals surface area (Å²) in [6.45, 7) is 10.2. The number of aryl methyl sites for hydroxylation is 1. The molecule has 0 unspecified atom stereocenters. The number of anilines is 1. The first kappa shape index (κ1) is 25.5. The molecule has 0 aliphatic carbocycles. The fraction of sp³-hybridized carbons (Fsp3) is 0.619. The number of likely N-dealkylation sites (tertiary alicyclic amines) is 1. The smallest absolute Gasteiger partial charge is 0.254 e. The highest BCUT2D eigenvalue weighted by molar-refractivity contribution is 5.96. The molecule has 1 aromatic carbocycles. The van der Waals surface area contributed by atoms with Crippen molar-refractivity contribution in [1.29, 1.82) is 0 Å². The number of piperazine rings is 1. The van der Waals surface area contributed by atoms with Crippen molar-refractivity contribution in [2.24, 2.45) is 5.92 Å². The largest absolute Gasteiger partial charge is 0.399 e. The van der Waals surface area contributed by atoms with Gasteiger partial charge in [-0.05, 0) is 49.9 Å². The van der Waals surface area contributed by atoms with E-state index in [0.29, 0.717) is 36.7 Å². The lowest BCUT2D eigenvalue weighted by Crippen LogP contribution is -2.49. The summed E-state index contributed by atoms with van der Waals surface area (Å²) in [4.78, 5) is 31.7. The lowest BCUT2D eigenvalue weighted by atomic mass is 9.92. The fourth-order valence-corrected chi connectivity index (χ4v) is 4.07. The summed E-state index contributed by atoms with van der Waals surface area (Å²) >= 11 is 0. The van der Waals surface area contributed by atoms with Gasteiger partial charge in [0.2, 0.25) is 5.91 Å². The summed E-state index contributed by atoms with van der Waals surface area (Å²) in [5, 5.41) is 0. The molecule has 1 aromatic rings. The Kier molecular flexibility index (Phi) is 10.2. The molecule has 2 aliphatic heterocycles. The maximum Gasteiger partial charge on any atom is 0.254 e. The molecule has 0 bridgehead atoms. The van der Waals surface area contributed by atoms with E-state index in [2.05, 4.69) is 11.8 Å². The van der Waals surface area contributed by atoms with E-state index < -0.39 is 0 Å². The van der Waals surface area contributed by atoms with Crippen LogP contribution in [0.2, 0.25) is 0 Å².